The van der Waals surface area contributed by atoms with Crippen LogP contribution in [-0.4, -0.2) is 32.8 Å². The van der Waals surface area contributed by atoms with Gasteiger partial charge in [-0.25, -0.2) is 0 Å². The molecule has 0 aliphatic heterocycles. The van der Waals surface area contributed by atoms with Gasteiger partial charge in [-0.15, -0.1) is 15.3 Å². The number of benzene rings is 1. The number of nitrogens with one attached hydrogen (secondary N) is 2. The monoisotopic (exact) mass is 426 g/mol. The Morgan fingerprint density at radius 2 is 2.13 bits per heavy atom. The molecule has 10 heteroatoms. The van der Waals surface area contributed by atoms with Gasteiger partial charge in [-0.05, 0) is 42.5 Å². The zero-order valence-corrected chi connectivity index (χ0v) is 16.9. The maximum atomic E-state index is 12.4. The fourth-order valence-corrected chi connectivity index (χ4v) is 3.06. The first-order chi connectivity index (χ1) is 14.6. The maximum Gasteiger partial charge on any atom is 0.224 e. The van der Waals surface area contributed by atoms with Crippen LogP contribution in [0.5, 0.6) is 5.75 Å². The SMILES string of the molecule is COc1ccc(Cl)cc1NC(=O)CCc1nnc2ccc(NCc3ccco3)nn12. The zero-order valence-electron chi connectivity index (χ0n) is 16.1. The summed E-state index contributed by atoms with van der Waals surface area (Å²) in [5.41, 5.74) is 1.12. The molecule has 0 saturated carbocycles. The van der Waals surface area contributed by atoms with E-state index in [1.54, 1.807) is 29.0 Å². The highest BCUT2D eigenvalue weighted by molar-refractivity contribution is 6.31. The molecule has 2 N–H and O–H groups in total. The highest BCUT2D eigenvalue weighted by atomic mass is 35.5. The molecule has 1 aromatic carbocycles. The van der Waals surface area contributed by atoms with Crippen LogP contribution in [0.25, 0.3) is 5.65 Å². The van der Waals surface area contributed by atoms with E-state index in [2.05, 4.69) is 25.9 Å². The summed E-state index contributed by atoms with van der Waals surface area (Å²) in [5, 5.41) is 19.3. The second kappa shape index (κ2) is 8.83. The van der Waals surface area contributed by atoms with Crippen LogP contribution in [-0.2, 0) is 17.8 Å². The summed E-state index contributed by atoms with van der Waals surface area (Å²) in [6, 6.07) is 12.4. The van der Waals surface area contributed by atoms with Gasteiger partial charge in [0.1, 0.15) is 17.3 Å². The lowest BCUT2D eigenvalue weighted by Gasteiger charge is -2.10. The van der Waals surface area contributed by atoms with Gasteiger partial charge in [-0.3, -0.25) is 4.79 Å². The number of carbonyl (C=O) groups excluding carboxylic acids is 1. The van der Waals surface area contributed by atoms with E-state index in [1.807, 2.05) is 24.3 Å². The fraction of sp³-hybridized carbons (Fsp3) is 0.200. The number of amides is 1. The molecule has 0 spiro atoms. The fourth-order valence-electron chi connectivity index (χ4n) is 2.89. The van der Waals surface area contributed by atoms with Gasteiger partial charge < -0.3 is 19.8 Å². The third-order valence-electron chi connectivity index (χ3n) is 4.36. The van der Waals surface area contributed by atoms with Crippen molar-refractivity contribution in [3.05, 3.63) is 65.3 Å². The molecule has 3 aromatic heterocycles. The van der Waals surface area contributed by atoms with Gasteiger partial charge in [-0.2, -0.15) is 4.52 Å². The van der Waals surface area contributed by atoms with E-state index >= 15 is 0 Å². The number of nitrogens with zero attached hydrogens (tertiary/aromatic N) is 4. The van der Waals surface area contributed by atoms with Crippen LogP contribution in [0.3, 0.4) is 0 Å². The summed E-state index contributed by atoms with van der Waals surface area (Å²) in [5.74, 6) is 2.37. The van der Waals surface area contributed by atoms with Crippen molar-refractivity contribution in [1.82, 2.24) is 19.8 Å². The van der Waals surface area contributed by atoms with E-state index < -0.39 is 0 Å². The van der Waals surface area contributed by atoms with Gasteiger partial charge in [0.2, 0.25) is 5.91 Å². The molecule has 0 aliphatic rings. The van der Waals surface area contributed by atoms with E-state index in [-0.39, 0.29) is 12.3 Å². The number of hydrogen-bond donors (Lipinski definition) is 2. The largest absolute Gasteiger partial charge is 0.495 e. The minimum atomic E-state index is -0.195. The molecule has 30 heavy (non-hydrogen) atoms. The molecular weight excluding hydrogens is 408 g/mol. The second-order valence-corrected chi connectivity index (χ2v) is 6.87. The Hall–Kier alpha value is -3.59. The Morgan fingerprint density at radius 1 is 1.23 bits per heavy atom. The Labute approximate surface area is 177 Å². The quantitative estimate of drug-likeness (QED) is 0.443. The molecule has 0 saturated heterocycles. The maximum absolute atomic E-state index is 12.4. The number of aromatic nitrogens is 4. The lowest BCUT2D eigenvalue weighted by molar-refractivity contribution is -0.116. The van der Waals surface area contributed by atoms with E-state index in [0.717, 1.165) is 5.76 Å². The molecule has 0 fully saturated rings. The smallest absolute Gasteiger partial charge is 0.224 e. The van der Waals surface area contributed by atoms with Crippen molar-refractivity contribution in [2.75, 3.05) is 17.7 Å². The molecule has 0 aliphatic carbocycles. The van der Waals surface area contributed by atoms with Crippen molar-refractivity contribution in [2.24, 2.45) is 0 Å². The summed E-state index contributed by atoms with van der Waals surface area (Å²) < 4.78 is 12.2. The molecular formula is C20H19ClN6O3. The van der Waals surface area contributed by atoms with Crippen LogP contribution in [0.15, 0.2) is 53.1 Å². The predicted octanol–water partition coefficient (Wildman–Crippen LogP) is 3.56. The summed E-state index contributed by atoms with van der Waals surface area (Å²) in [7, 11) is 1.53. The molecule has 9 nitrogen and oxygen atoms in total. The summed E-state index contributed by atoms with van der Waals surface area (Å²) in [6.07, 6.45) is 2.18. The normalized spacial score (nSPS) is 10.9. The average Bonchev–Trinajstić information content (AvgIpc) is 3.40. The van der Waals surface area contributed by atoms with Crippen molar-refractivity contribution in [3.63, 3.8) is 0 Å². The van der Waals surface area contributed by atoms with E-state index in [0.29, 0.717) is 46.7 Å². The second-order valence-electron chi connectivity index (χ2n) is 6.43. The number of carbonyl (C=O) groups is 1. The number of hydrogen-bond acceptors (Lipinski definition) is 7. The average molecular weight is 427 g/mol. The highest BCUT2D eigenvalue weighted by Gasteiger charge is 2.12. The minimum absolute atomic E-state index is 0.195. The number of methoxy groups -OCH3 is 1. The van der Waals surface area contributed by atoms with Crippen molar-refractivity contribution in [1.29, 1.82) is 0 Å². The Morgan fingerprint density at radius 3 is 2.93 bits per heavy atom. The van der Waals surface area contributed by atoms with Gasteiger partial charge >= 0.3 is 0 Å². The number of fused-ring (bicyclic) bond motifs is 1. The van der Waals surface area contributed by atoms with Gasteiger partial charge in [0.25, 0.3) is 0 Å². The number of ether oxygens (including phenoxy) is 1. The summed E-state index contributed by atoms with van der Waals surface area (Å²) in [6.45, 7) is 0.507. The minimum Gasteiger partial charge on any atom is -0.495 e. The van der Waals surface area contributed by atoms with Crippen molar-refractivity contribution in [2.45, 2.75) is 19.4 Å². The molecule has 4 aromatic rings. The predicted molar refractivity (Wildman–Crippen MR) is 112 cm³/mol. The topological polar surface area (TPSA) is 107 Å². The summed E-state index contributed by atoms with van der Waals surface area (Å²) >= 11 is 6.01. The van der Waals surface area contributed by atoms with Crippen LogP contribution < -0.4 is 15.4 Å². The van der Waals surface area contributed by atoms with E-state index in [4.69, 9.17) is 20.8 Å². The third kappa shape index (κ3) is 4.52. The summed E-state index contributed by atoms with van der Waals surface area (Å²) in [4.78, 5) is 12.4. The number of rotatable bonds is 8. The van der Waals surface area contributed by atoms with Crippen LogP contribution >= 0.6 is 11.6 Å². The van der Waals surface area contributed by atoms with Crippen LogP contribution in [0, 0.1) is 0 Å². The van der Waals surface area contributed by atoms with Crippen molar-refractivity contribution in [3.8, 4) is 5.75 Å². The molecule has 4 rings (SSSR count). The zero-order chi connectivity index (χ0) is 20.9. The van der Waals surface area contributed by atoms with Crippen molar-refractivity contribution >= 4 is 34.7 Å². The molecule has 0 bridgehead atoms. The number of aryl methyl sites for hydroxylation is 1. The molecule has 0 atom stereocenters. The molecule has 154 valence electrons. The standard InChI is InChI=1S/C20H19ClN6O3/c1-29-16-5-4-13(21)11-15(16)23-20(28)9-8-19-25-24-18-7-6-17(26-27(18)19)22-12-14-3-2-10-30-14/h2-7,10-11H,8-9,12H2,1H3,(H,22,26)(H,23,28). The van der Waals surface area contributed by atoms with Crippen LogP contribution in [0.4, 0.5) is 11.5 Å². The van der Waals surface area contributed by atoms with Crippen LogP contribution in [0.2, 0.25) is 5.02 Å². The number of halogens is 1. The first-order valence-electron chi connectivity index (χ1n) is 9.23. The third-order valence-corrected chi connectivity index (χ3v) is 4.60. The van der Waals surface area contributed by atoms with Crippen molar-refractivity contribution < 1.29 is 13.9 Å². The van der Waals surface area contributed by atoms with Crippen LogP contribution in [0.1, 0.15) is 18.0 Å². The van der Waals surface area contributed by atoms with Gasteiger partial charge in [0.05, 0.1) is 25.6 Å². The molecule has 0 radical (unpaired) electrons. The molecule has 1 amide bonds. The Balaban J connectivity index is 1.41. The Kier molecular flexibility index (Phi) is 5.80. The Bertz CT molecular complexity index is 1160. The first kappa shape index (κ1) is 19.7. The molecule has 0 unspecified atom stereocenters. The van der Waals surface area contributed by atoms with Gasteiger partial charge in [0, 0.05) is 17.9 Å². The van der Waals surface area contributed by atoms with E-state index in [9.17, 15) is 4.79 Å². The number of anilines is 2. The first-order valence-corrected chi connectivity index (χ1v) is 9.61. The van der Waals surface area contributed by atoms with Gasteiger partial charge in [-0.1, -0.05) is 11.6 Å². The lowest BCUT2D eigenvalue weighted by atomic mass is 10.2. The highest BCUT2D eigenvalue weighted by Crippen LogP contribution is 2.27. The number of furan rings is 1. The van der Waals surface area contributed by atoms with E-state index in [1.165, 1.54) is 7.11 Å². The van der Waals surface area contributed by atoms with Gasteiger partial charge in [0.15, 0.2) is 11.5 Å². The lowest BCUT2D eigenvalue weighted by Crippen LogP contribution is -2.14. The molecule has 3 heterocycles.